The third-order valence-corrected chi connectivity index (χ3v) is 5.83. The third kappa shape index (κ3) is 5.27. The molecule has 2 heterocycles. The topological polar surface area (TPSA) is 94.4 Å². The number of tetrazole rings is 1. The van der Waals surface area contributed by atoms with Gasteiger partial charge < -0.3 is 19.7 Å². The molecule has 0 unspecified atom stereocenters. The molecule has 0 bridgehead atoms. The van der Waals surface area contributed by atoms with Crippen molar-refractivity contribution in [3.8, 4) is 11.4 Å². The lowest BCUT2D eigenvalue weighted by molar-refractivity contribution is -0.113. The fraction of sp³-hybridized carbons (Fsp3) is 0.300. The van der Waals surface area contributed by atoms with E-state index in [1.807, 2.05) is 36.4 Å². The number of thioether (sulfide) groups is 1. The quantitative estimate of drug-likeness (QED) is 0.538. The summed E-state index contributed by atoms with van der Waals surface area (Å²) in [7, 11) is 1.61. The molecule has 1 fully saturated rings. The van der Waals surface area contributed by atoms with Gasteiger partial charge in [-0.05, 0) is 52.9 Å². The Balaban J connectivity index is 1.42. The van der Waals surface area contributed by atoms with Crippen molar-refractivity contribution in [3.63, 3.8) is 0 Å². The van der Waals surface area contributed by atoms with Crippen LogP contribution in [-0.4, -0.2) is 65.3 Å². The molecule has 1 aliphatic heterocycles. The van der Waals surface area contributed by atoms with Gasteiger partial charge in [0.1, 0.15) is 5.75 Å². The van der Waals surface area contributed by atoms with Crippen LogP contribution < -0.4 is 15.0 Å². The number of rotatable bonds is 7. The summed E-state index contributed by atoms with van der Waals surface area (Å²) in [5.41, 5.74) is 2.38. The summed E-state index contributed by atoms with van der Waals surface area (Å²) >= 11 is 7.42. The number of aromatic nitrogens is 4. The van der Waals surface area contributed by atoms with Crippen molar-refractivity contribution in [1.82, 2.24) is 20.2 Å². The Kier molecular flexibility index (Phi) is 6.90. The van der Waals surface area contributed by atoms with Crippen LogP contribution in [0.2, 0.25) is 5.02 Å². The lowest BCUT2D eigenvalue weighted by atomic mass is 10.2. The highest BCUT2D eigenvalue weighted by molar-refractivity contribution is 7.99. The van der Waals surface area contributed by atoms with Crippen LogP contribution in [0.5, 0.6) is 5.75 Å². The number of hydrogen-bond donors (Lipinski definition) is 1. The number of nitrogens with zero attached hydrogens (tertiary/aromatic N) is 5. The molecule has 9 nitrogen and oxygen atoms in total. The minimum atomic E-state index is -0.175. The largest absolute Gasteiger partial charge is 0.497 e. The number of carbonyl (C=O) groups excluding carboxylic acids is 1. The van der Waals surface area contributed by atoms with E-state index in [0.29, 0.717) is 29.1 Å². The Labute approximate surface area is 188 Å². The Morgan fingerprint density at radius 2 is 2.00 bits per heavy atom. The molecule has 4 rings (SSSR count). The minimum Gasteiger partial charge on any atom is -0.497 e. The van der Waals surface area contributed by atoms with Crippen molar-refractivity contribution < 1.29 is 14.3 Å². The van der Waals surface area contributed by atoms with Gasteiger partial charge in [-0.25, -0.2) is 0 Å². The maximum atomic E-state index is 12.7. The number of morpholine rings is 1. The van der Waals surface area contributed by atoms with Crippen LogP contribution in [0.4, 0.5) is 11.4 Å². The zero-order chi connectivity index (χ0) is 21.6. The molecular formula is C20H21ClN6O3S. The van der Waals surface area contributed by atoms with Gasteiger partial charge in [-0.1, -0.05) is 23.4 Å². The van der Waals surface area contributed by atoms with Gasteiger partial charge in [-0.15, -0.1) is 5.10 Å². The SMILES string of the molecule is COc1ccc(-n2nnnc2SCC(=O)Nc2cc(Cl)ccc2N2CCOCC2)cc1. The second kappa shape index (κ2) is 9.99. The number of halogens is 1. The minimum absolute atomic E-state index is 0.144. The van der Waals surface area contributed by atoms with Crippen LogP contribution in [0.15, 0.2) is 47.6 Å². The summed E-state index contributed by atoms with van der Waals surface area (Å²) in [5, 5.41) is 15.8. The average molecular weight is 461 g/mol. The van der Waals surface area contributed by atoms with Crippen LogP contribution in [-0.2, 0) is 9.53 Å². The van der Waals surface area contributed by atoms with E-state index in [2.05, 4.69) is 25.7 Å². The van der Waals surface area contributed by atoms with Gasteiger partial charge in [0.25, 0.3) is 0 Å². The van der Waals surface area contributed by atoms with E-state index in [-0.39, 0.29) is 11.7 Å². The molecule has 0 aliphatic carbocycles. The van der Waals surface area contributed by atoms with E-state index < -0.39 is 0 Å². The van der Waals surface area contributed by atoms with Crippen molar-refractivity contribution in [2.24, 2.45) is 0 Å². The smallest absolute Gasteiger partial charge is 0.234 e. The predicted molar refractivity (Wildman–Crippen MR) is 120 cm³/mol. The maximum Gasteiger partial charge on any atom is 0.234 e. The molecule has 2 aromatic carbocycles. The number of benzene rings is 2. The molecule has 1 saturated heterocycles. The molecule has 31 heavy (non-hydrogen) atoms. The number of carbonyl (C=O) groups is 1. The molecule has 0 saturated carbocycles. The number of anilines is 2. The molecule has 162 valence electrons. The molecular weight excluding hydrogens is 440 g/mol. The zero-order valence-electron chi connectivity index (χ0n) is 16.8. The lowest BCUT2D eigenvalue weighted by Gasteiger charge is -2.30. The first-order valence-corrected chi connectivity index (χ1v) is 11.0. The fourth-order valence-electron chi connectivity index (χ4n) is 3.16. The highest BCUT2D eigenvalue weighted by atomic mass is 35.5. The summed E-state index contributed by atoms with van der Waals surface area (Å²) in [6.07, 6.45) is 0. The van der Waals surface area contributed by atoms with Gasteiger partial charge in [0.05, 0.1) is 43.1 Å². The van der Waals surface area contributed by atoms with Crippen LogP contribution in [0.1, 0.15) is 0 Å². The first kappa shape index (κ1) is 21.4. The van der Waals surface area contributed by atoms with Crippen LogP contribution in [0.25, 0.3) is 5.69 Å². The van der Waals surface area contributed by atoms with Crippen molar-refractivity contribution in [2.45, 2.75) is 5.16 Å². The Morgan fingerprint density at radius 3 is 2.74 bits per heavy atom. The monoisotopic (exact) mass is 460 g/mol. The molecule has 1 aliphatic rings. The van der Waals surface area contributed by atoms with Crippen LogP contribution in [0.3, 0.4) is 0 Å². The van der Waals surface area contributed by atoms with Crippen molar-refractivity contribution >= 4 is 40.6 Å². The van der Waals surface area contributed by atoms with E-state index in [4.69, 9.17) is 21.1 Å². The molecule has 1 aromatic heterocycles. The molecule has 0 radical (unpaired) electrons. The van der Waals surface area contributed by atoms with E-state index in [1.54, 1.807) is 17.9 Å². The van der Waals surface area contributed by atoms with E-state index in [9.17, 15) is 4.79 Å². The molecule has 11 heteroatoms. The molecule has 0 spiro atoms. The highest BCUT2D eigenvalue weighted by Crippen LogP contribution is 2.30. The predicted octanol–water partition coefficient (Wildman–Crippen LogP) is 2.89. The molecule has 3 aromatic rings. The second-order valence-electron chi connectivity index (χ2n) is 6.67. The number of hydrogen-bond acceptors (Lipinski definition) is 8. The summed E-state index contributed by atoms with van der Waals surface area (Å²) in [4.78, 5) is 14.8. The Morgan fingerprint density at radius 1 is 1.23 bits per heavy atom. The molecule has 0 atom stereocenters. The number of methoxy groups -OCH3 is 1. The van der Waals surface area contributed by atoms with Crippen molar-refractivity contribution in [3.05, 3.63) is 47.5 Å². The second-order valence-corrected chi connectivity index (χ2v) is 8.05. The number of ether oxygens (including phenoxy) is 2. The Bertz CT molecular complexity index is 1040. The van der Waals surface area contributed by atoms with E-state index in [1.165, 1.54) is 11.8 Å². The first-order chi connectivity index (χ1) is 15.1. The number of nitrogens with one attached hydrogen (secondary N) is 1. The van der Waals surface area contributed by atoms with Crippen LogP contribution >= 0.6 is 23.4 Å². The molecule has 1 N–H and O–H groups in total. The standard InChI is InChI=1S/C20H21ClN6O3S/c1-29-16-5-3-15(4-6-16)27-20(23-24-25-27)31-13-19(28)22-17-12-14(21)2-7-18(17)26-8-10-30-11-9-26/h2-7,12H,8-11,13H2,1H3,(H,22,28). The van der Waals surface area contributed by atoms with Crippen molar-refractivity contribution in [2.75, 3.05) is 49.4 Å². The fourth-order valence-corrected chi connectivity index (χ4v) is 4.02. The molecule has 1 amide bonds. The van der Waals surface area contributed by atoms with E-state index >= 15 is 0 Å². The maximum absolute atomic E-state index is 12.7. The normalized spacial score (nSPS) is 13.8. The zero-order valence-corrected chi connectivity index (χ0v) is 18.4. The highest BCUT2D eigenvalue weighted by Gasteiger charge is 2.18. The Hall–Kier alpha value is -2.82. The summed E-state index contributed by atoms with van der Waals surface area (Å²) in [6.45, 7) is 2.82. The van der Waals surface area contributed by atoms with Gasteiger partial charge in [0.15, 0.2) is 0 Å². The number of amides is 1. The lowest BCUT2D eigenvalue weighted by Crippen LogP contribution is -2.36. The summed E-state index contributed by atoms with van der Waals surface area (Å²) in [6, 6.07) is 12.8. The van der Waals surface area contributed by atoms with E-state index in [0.717, 1.165) is 30.2 Å². The first-order valence-electron chi connectivity index (χ1n) is 9.62. The third-order valence-electron chi connectivity index (χ3n) is 4.67. The van der Waals surface area contributed by atoms with Crippen LogP contribution in [0, 0.1) is 0 Å². The van der Waals surface area contributed by atoms with Gasteiger partial charge in [0.2, 0.25) is 11.1 Å². The van der Waals surface area contributed by atoms with Gasteiger partial charge in [-0.2, -0.15) is 4.68 Å². The van der Waals surface area contributed by atoms with Gasteiger partial charge in [0, 0.05) is 18.1 Å². The van der Waals surface area contributed by atoms with Crippen molar-refractivity contribution in [1.29, 1.82) is 0 Å². The van der Waals surface area contributed by atoms with Gasteiger partial charge >= 0.3 is 0 Å². The summed E-state index contributed by atoms with van der Waals surface area (Å²) in [5.74, 6) is 0.708. The average Bonchev–Trinajstić information content (AvgIpc) is 3.27. The summed E-state index contributed by atoms with van der Waals surface area (Å²) < 4.78 is 12.2. The van der Waals surface area contributed by atoms with Gasteiger partial charge in [-0.3, -0.25) is 4.79 Å².